The summed E-state index contributed by atoms with van der Waals surface area (Å²) in [4.78, 5) is 14.6. The van der Waals surface area contributed by atoms with Crippen molar-refractivity contribution in [2.75, 3.05) is 20.8 Å². The predicted octanol–water partition coefficient (Wildman–Crippen LogP) is 6.03. The number of amides is 1. The molecule has 2 atom stereocenters. The number of fused-ring (bicyclic) bond motifs is 1. The highest BCUT2D eigenvalue weighted by Crippen LogP contribution is 2.43. The zero-order valence-electron chi connectivity index (χ0n) is 18.7. The van der Waals surface area contributed by atoms with Crippen LogP contribution in [0.4, 0.5) is 0 Å². The number of ether oxygens (including phenoxy) is 2. The van der Waals surface area contributed by atoms with E-state index < -0.39 is 0 Å². The molecule has 0 spiro atoms. The van der Waals surface area contributed by atoms with Crippen molar-refractivity contribution in [2.45, 2.75) is 31.7 Å². The number of nitrogens with zero attached hydrogens (tertiary/aromatic N) is 1. The third kappa shape index (κ3) is 4.46. The Morgan fingerprint density at radius 3 is 2.25 bits per heavy atom. The molecule has 32 heavy (non-hydrogen) atoms. The van der Waals surface area contributed by atoms with Crippen LogP contribution in [-0.4, -0.2) is 31.6 Å². The Labute approximate surface area is 194 Å². The van der Waals surface area contributed by atoms with Crippen molar-refractivity contribution in [3.8, 4) is 11.5 Å². The van der Waals surface area contributed by atoms with E-state index in [0.717, 1.165) is 24.2 Å². The minimum atomic E-state index is -0.0723. The number of benzene rings is 3. The van der Waals surface area contributed by atoms with Gasteiger partial charge in [0.2, 0.25) is 5.91 Å². The average molecular weight is 450 g/mol. The van der Waals surface area contributed by atoms with E-state index in [4.69, 9.17) is 21.1 Å². The van der Waals surface area contributed by atoms with E-state index >= 15 is 0 Å². The maximum absolute atomic E-state index is 12.6. The van der Waals surface area contributed by atoms with Crippen molar-refractivity contribution in [1.29, 1.82) is 0 Å². The summed E-state index contributed by atoms with van der Waals surface area (Å²) in [7, 11) is 3.30. The zero-order chi connectivity index (χ0) is 22.7. The summed E-state index contributed by atoms with van der Waals surface area (Å²) in [6, 6.07) is 22.5. The molecule has 1 aliphatic rings. The van der Waals surface area contributed by atoms with Crippen molar-refractivity contribution in [3.05, 3.63) is 94.0 Å². The highest BCUT2D eigenvalue weighted by Gasteiger charge is 2.33. The van der Waals surface area contributed by atoms with Gasteiger partial charge in [0.1, 0.15) is 0 Å². The van der Waals surface area contributed by atoms with E-state index in [0.29, 0.717) is 17.3 Å². The molecule has 5 heteroatoms. The molecule has 3 aromatic rings. The number of hydrogen-bond donors (Lipinski definition) is 0. The van der Waals surface area contributed by atoms with Crippen LogP contribution in [-0.2, 0) is 11.2 Å². The Morgan fingerprint density at radius 2 is 1.62 bits per heavy atom. The van der Waals surface area contributed by atoms with E-state index in [1.807, 2.05) is 29.2 Å². The van der Waals surface area contributed by atoms with Gasteiger partial charge in [-0.1, -0.05) is 54.1 Å². The first-order valence-electron chi connectivity index (χ1n) is 10.8. The van der Waals surface area contributed by atoms with Crippen LogP contribution in [0.2, 0.25) is 5.02 Å². The molecule has 2 unspecified atom stereocenters. The molecule has 0 bridgehead atoms. The molecule has 0 radical (unpaired) electrons. The monoisotopic (exact) mass is 449 g/mol. The maximum Gasteiger partial charge on any atom is 0.219 e. The molecule has 1 aliphatic heterocycles. The first kappa shape index (κ1) is 22.2. The van der Waals surface area contributed by atoms with E-state index in [-0.39, 0.29) is 17.9 Å². The number of carbonyl (C=O) groups is 1. The van der Waals surface area contributed by atoms with Gasteiger partial charge in [0.25, 0.3) is 0 Å². The topological polar surface area (TPSA) is 38.8 Å². The third-order valence-electron chi connectivity index (χ3n) is 6.34. The predicted molar refractivity (Wildman–Crippen MR) is 128 cm³/mol. The zero-order valence-corrected chi connectivity index (χ0v) is 19.4. The summed E-state index contributed by atoms with van der Waals surface area (Å²) < 4.78 is 11.1. The van der Waals surface area contributed by atoms with Gasteiger partial charge < -0.3 is 14.4 Å². The van der Waals surface area contributed by atoms with Gasteiger partial charge in [-0.3, -0.25) is 4.79 Å². The summed E-state index contributed by atoms with van der Waals surface area (Å²) in [5.74, 6) is 1.60. The Hall–Kier alpha value is -2.98. The largest absolute Gasteiger partial charge is 0.493 e. The molecule has 0 aliphatic carbocycles. The van der Waals surface area contributed by atoms with Crippen LogP contribution in [0, 0.1) is 0 Å². The fourth-order valence-electron chi connectivity index (χ4n) is 4.73. The average Bonchev–Trinajstić information content (AvgIpc) is 2.82. The lowest BCUT2D eigenvalue weighted by Crippen LogP contribution is -2.39. The Morgan fingerprint density at radius 1 is 1.00 bits per heavy atom. The molecule has 0 saturated carbocycles. The number of carbonyl (C=O) groups excluding carboxylic acids is 1. The SMILES string of the molecule is COc1cc2c(cc1OC)C(CC(c1ccccc1)c1ccc(Cl)cc1)N(C(C)=O)CC2. The van der Waals surface area contributed by atoms with Crippen LogP contribution in [0.3, 0.4) is 0 Å². The molecule has 0 aromatic heterocycles. The summed E-state index contributed by atoms with van der Waals surface area (Å²) in [6.45, 7) is 2.34. The molecule has 166 valence electrons. The molecule has 4 nitrogen and oxygen atoms in total. The molecule has 3 aromatic carbocycles. The quantitative estimate of drug-likeness (QED) is 0.461. The van der Waals surface area contributed by atoms with Crippen molar-refractivity contribution < 1.29 is 14.3 Å². The summed E-state index contributed by atoms with van der Waals surface area (Å²) in [6.07, 6.45) is 1.55. The fraction of sp³-hybridized carbons (Fsp3) is 0.296. The van der Waals surface area contributed by atoms with Gasteiger partial charge in [0.15, 0.2) is 11.5 Å². The van der Waals surface area contributed by atoms with Gasteiger partial charge in [0, 0.05) is 24.4 Å². The van der Waals surface area contributed by atoms with Crippen molar-refractivity contribution in [1.82, 2.24) is 4.90 Å². The van der Waals surface area contributed by atoms with Crippen LogP contribution in [0.25, 0.3) is 0 Å². The van der Waals surface area contributed by atoms with E-state index in [1.54, 1.807) is 21.1 Å². The molecule has 0 fully saturated rings. The minimum absolute atomic E-state index is 0.0723. The number of halogens is 1. The summed E-state index contributed by atoms with van der Waals surface area (Å²) in [5.41, 5.74) is 4.72. The molecule has 0 N–H and O–H groups in total. The number of hydrogen-bond acceptors (Lipinski definition) is 3. The molecule has 1 heterocycles. The lowest BCUT2D eigenvalue weighted by Gasteiger charge is -2.39. The van der Waals surface area contributed by atoms with Crippen LogP contribution < -0.4 is 9.47 Å². The lowest BCUT2D eigenvalue weighted by atomic mass is 9.81. The van der Waals surface area contributed by atoms with E-state index in [9.17, 15) is 4.79 Å². The van der Waals surface area contributed by atoms with Gasteiger partial charge in [-0.25, -0.2) is 0 Å². The van der Waals surface area contributed by atoms with E-state index in [2.05, 4.69) is 42.5 Å². The maximum atomic E-state index is 12.6. The van der Waals surface area contributed by atoms with Crippen LogP contribution in [0.15, 0.2) is 66.7 Å². The van der Waals surface area contributed by atoms with Gasteiger partial charge in [-0.2, -0.15) is 0 Å². The molecular weight excluding hydrogens is 422 g/mol. The van der Waals surface area contributed by atoms with Gasteiger partial charge in [-0.15, -0.1) is 0 Å². The molecule has 1 amide bonds. The Bertz CT molecular complexity index is 1080. The molecule has 0 saturated heterocycles. The fourth-order valence-corrected chi connectivity index (χ4v) is 4.85. The van der Waals surface area contributed by atoms with Crippen molar-refractivity contribution in [3.63, 3.8) is 0 Å². The minimum Gasteiger partial charge on any atom is -0.493 e. The first-order chi connectivity index (χ1) is 15.5. The highest BCUT2D eigenvalue weighted by molar-refractivity contribution is 6.30. The lowest BCUT2D eigenvalue weighted by molar-refractivity contribution is -0.131. The summed E-state index contributed by atoms with van der Waals surface area (Å²) in [5, 5.41) is 0.714. The normalized spacial score (nSPS) is 16.2. The van der Waals surface area contributed by atoms with Crippen LogP contribution in [0.1, 0.15) is 47.6 Å². The molecular formula is C27H28ClNO3. The first-order valence-corrected chi connectivity index (χ1v) is 11.2. The Kier molecular flexibility index (Phi) is 6.71. The standard InChI is InChI=1S/C27H28ClNO3/c1-18(30)29-14-13-21-15-26(31-2)27(32-3)17-24(21)25(29)16-23(19-7-5-4-6-8-19)20-9-11-22(28)12-10-20/h4-12,15,17,23,25H,13-14,16H2,1-3H3. The van der Waals surface area contributed by atoms with Crippen molar-refractivity contribution in [2.24, 2.45) is 0 Å². The van der Waals surface area contributed by atoms with Gasteiger partial charge >= 0.3 is 0 Å². The summed E-state index contributed by atoms with van der Waals surface area (Å²) >= 11 is 6.17. The highest BCUT2D eigenvalue weighted by atomic mass is 35.5. The van der Waals surface area contributed by atoms with E-state index in [1.165, 1.54) is 16.7 Å². The second-order valence-electron chi connectivity index (χ2n) is 8.13. The second-order valence-corrected chi connectivity index (χ2v) is 8.57. The second kappa shape index (κ2) is 9.66. The number of methoxy groups -OCH3 is 2. The molecule has 4 rings (SSSR count). The number of rotatable bonds is 6. The van der Waals surface area contributed by atoms with Crippen LogP contribution in [0.5, 0.6) is 11.5 Å². The third-order valence-corrected chi connectivity index (χ3v) is 6.59. The van der Waals surface area contributed by atoms with Crippen LogP contribution >= 0.6 is 11.6 Å². The van der Waals surface area contributed by atoms with Gasteiger partial charge in [-0.05, 0) is 59.4 Å². The smallest absolute Gasteiger partial charge is 0.219 e. The van der Waals surface area contributed by atoms with Crippen molar-refractivity contribution >= 4 is 17.5 Å². The Balaban J connectivity index is 1.81. The van der Waals surface area contributed by atoms with Gasteiger partial charge in [0.05, 0.1) is 20.3 Å².